The zero-order valence-corrected chi connectivity index (χ0v) is 8.49. The van der Waals surface area contributed by atoms with Gasteiger partial charge >= 0.3 is 0 Å². The molecular formula is C10H10ClN3. The molecule has 1 heterocycles. The summed E-state index contributed by atoms with van der Waals surface area (Å²) in [5.41, 5.74) is 7.64. The number of halogens is 1. The third-order valence-electron chi connectivity index (χ3n) is 2.15. The predicted octanol–water partition coefficient (Wildman–Crippen LogP) is 2.32. The molecule has 0 aliphatic heterocycles. The van der Waals surface area contributed by atoms with Crippen molar-refractivity contribution in [2.45, 2.75) is 0 Å². The fourth-order valence-electron chi connectivity index (χ4n) is 1.33. The van der Waals surface area contributed by atoms with E-state index in [1.54, 1.807) is 17.9 Å². The molecule has 0 bridgehead atoms. The maximum atomic E-state index is 6.05. The van der Waals surface area contributed by atoms with Gasteiger partial charge in [-0.3, -0.25) is 4.68 Å². The van der Waals surface area contributed by atoms with Crippen LogP contribution < -0.4 is 5.73 Å². The third-order valence-corrected chi connectivity index (χ3v) is 2.48. The molecule has 2 N–H and O–H groups in total. The summed E-state index contributed by atoms with van der Waals surface area (Å²) in [6, 6.07) is 7.57. The molecule has 72 valence electrons. The van der Waals surface area contributed by atoms with E-state index in [-0.39, 0.29) is 0 Å². The Morgan fingerprint density at radius 3 is 2.57 bits per heavy atom. The number of aromatic nitrogens is 2. The minimum Gasteiger partial charge on any atom is -0.383 e. The number of hydrogen-bond acceptors (Lipinski definition) is 2. The molecule has 0 saturated carbocycles. The van der Waals surface area contributed by atoms with E-state index in [4.69, 9.17) is 17.3 Å². The van der Waals surface area contributed by atoms with Gasteiger partial charge in [-0.05, 0) is 6.07 Å². The predicted molar refractivity (Wildman–Crippen MR) is 58.1 cm³/mol. The van der Waals surface area contributed by atoms with Crippen LogP contribution >= 0.6 is 11.6 Å². The summed E-state index contributed by atoms with van der Waals surface area (Å²) >= 11 is 6.05. The summed E-state index contributed by atoms with van der Waals surface area (Å²) in [5, 5.41) is 4.75. The number of nitrogen functional groups attached to an aromatic ring is 1. The Kier molecular flexibility index (Phi) is 2.17. The fraction of sp³-hybridized carbons (Fsp3) is 0.100. The van der Waals surface area contributed by atoms with Crippen molar-refractivity contribution in [2.75, 3.05) is 5.73 Å². The number of nitrogens with zero attached hydrogens (tertiary/aromatic N) is 2. The van der Waals surface area contributed by atoms with Gasteiger partial charge in [-0.25, -0.2) is 0 Å². The van der Waals surface area contributed by atoms with Gasteiger partial charge in [-0.2, -0.15) is 5.10 Å². The maximum Gasteiger partial charge on any atom is 0.129 e. The number of nitrogens with two attached hydrogens (primary N) is 1. The standard InChI is InChI=1S/C10H10ClN3/c1-14-10(12)8(6-13-14)7-4-2-3-5-9(7)11/h2-6H,12H2,1H3. The minimum absolute atomic E-state index is 0.623. The first-order valence-corrected chi connectivity index (χ1v) is 4.60. The van der Waals surface area contributed by atoms with Crippen LogP contribution in [0.2, 0.25) is 5.02 Å². The Bertz CT molecular complexity index is 462. The van der Waals surface area contributed by atoms with Gasteiger partial charge in [-0.1, -0.05) is 29.8 Å². The summed E-state index contributed by atoms with van der Waals surface area (Å²) in [4.78, 5) is 0. The second-order valence-corrected chi connectivity index (χ2v) is 3.45. The Labute approximate surface area is 87.1 Å². The first-order chi connectivity index (χ1) is 6.70. The van der Waals surface area contributed by atoms with Gasteiger partial charge in [0.1, 0.15) is 5.82 Å². The van der Waals surface area contributed by atoms with Crippen molar-refractivity contribution in [3.8, 4) is 11.1 Å². The summed E-state index contributed by atoms with van der Waals surface area (Å²) < 4.78 is 1.62. The highest BCUT2D eigenvalue weighted by molar-refractivity contribution is 6.33. The number of hydrogen-bond donors (Lipinski definition) is 1. The van der Waals surface area contributed by atoms with Crippen LogP contribution in [0.3, 0.4) is 0 Å². The monoisotopic (exact) mass is 207 g/mol. The molecule has 0 saturated heterocycles. The Morgan fingerprint density at radius 1 is 1.29 bits per heavy atom. The van der Waals surface area contributed by atoms with Crippen LogP contribution in [0.4, 0.5) is 5.82 Å². The first kappa shape index (κ1) is 9.09. The van der Waals surface area contributed by atoms with Gasteiger partial charge in [0.2, 0.25) is 0 Å². The van der Waals surface area contributed by atoms with Crippen LogP contribution in [0.1, 0.15) is 0 Å². The molecular weight excluding hydrogens is 198 g/mol. The molecule has 2 rings (SSSR count). The van der Waals surface area contributed by atoms with Crippen LogP contribution in [0, 0.1) is 0 Å². The smallest absolute Gasteiger partial charge is 0.129 e. The second-order valence-electron chi connectivity index (χ2n) is 3.05. The van der Waals surface area contributed by atoms with Gasteiger partial charge in [0, 0.05) is 23.2 Å². The zero-order chi connectivity index (χ0) is 10.1. The third kappa shape index (κ3) is 1.36. The largest absolute Gasteiger partial charge is 0.383 e. The number of anilines is 1. The quantitative estimate of drug-likeness (QED) is 0.780. The lowest BCUT2D eigenvalue weighted by molar-refractivity contribution is 0.779. The van der Waals surface area contributed by atoms with E-state index in [0.717, 1.165) is 11.1 Å². The molecule has 0 spiro atoms. The van der Waals surface area contributed by atoms with E-state index in [1.165, 1.54) is 0 Å². The van der Waals surface area contributed by atoms with Crippen molar-refractivity contribution >= 4 is 17.4 Å². The molecule has 3 nitrogen and oxygen atoms in total. The van der Waals surface area contributed by atoms with Gasteiger partial charge in [0.25, 0.3) is 0 Å². The molecule has 1 aromatic carbocycles. The Hall–Kier alpha value is -1.48. The van der Waals surface area contributed by atoms with Gasteiger partial charge in [-0.15, -0.1) is 0 Å². The molecule has 0 atom stereocenters. The number of benzene rings is 1. The lowest BCUT2D eigenvalue weighted by atomic mass is 10.1. The molecule has 0 radical (unpaired) electrons. The van der Waals surface area contributed by atoms with Gasteiger partial charge in [0.05, 0.1) is 6.20 Å². The van der Waals surface area contributed by atoms with Crippen LogP contribution in [0.5, 0.6) is 0 Å². The summed E-state index contributed by atoms with van der Waals surface area (Å²) in [5.74, 6) is 0.623. The lowest BCUT2D eigenvalue weighted by Gasteiger charge is -2.02. The maximum absolute atomic E-state index is 6.05. The average molecular weight is 208 g/mol. The normalized spacial score (nSPS) is 10.4. The second kappa shape index (κ2) is 3.35. The van der Waals surface area contributed by atoms with Crippen molar-refractivity contribution in [2.24, 2.45) is 7.05 Å². The highest BCUT2D eigenvalue weighted by Crippen LogP contribution is 2.30. The zero-order valence-electron chi connectivity index (χ0n) is 7.74. The molecule has 0 aliphatic rings. The van der Waals surface area contributed by atoms with E-state index in [1.807, 2.05) is 24.3 Å². The first-order valence-electron chi connectivity index (χ1n) is 4.22. The fourth-order valence-corrected chi connectivity index (χ4v) is 1.57. The molecule has 14 heavy (non-hydrogen) atoms. The molecule has 1 aromatic heterocycles. The Balaban J connectivity index is 2.60. The molecule has 0 unspecified atom stereocenters. The van der Waals surface area contributed by atoms with Crippen molar-refractivity contribution in [3.63, 3.8) is 0 Å². The van der Waals surface area contributed by atoms with E-state index in [9.17, 15) is 0 Å². The van der Waals surface area contributed by atoms with Crippen LogP contribution in [0.25, 0.3) is 11.1 Å². The summed E-state index contributed by atoms with van der Waals surface area (Å²) in [6.45, 7) is 0. The summed E-state index contributed by atoms with van der Waals surface area (Å²) in [7, 11) is 1.80. The van der Waals surface area contributed by atoms with Crippen molar-refractivity contribution < 1.29 is 0 Å². The average Bonchev–Trinajstić information content (AvgIpc) is 2.49. The van der Waals surface area contributed by atoms with Crippen LogP contribution in [0.15, 0.2) is 30.5 Å². The lowest BCUT2D eigenvalue weighted by Crippen LogP contribution is -1.98. The molecule has 4 heteroatoms. The van der Waals surface area contributed by atoms with Crippen LogP contribution in [-0.4, -0.2) is 9.78 Å². The molecule has 0 amide bonds. The van der Waals surface area contributed by atoms with Crippen LogP contribution in [-0.2, 0) is 7.05 Å². The van der Waals surface area contributed by atoms with Gasteiger partial charge < -0.3 is 5.73 Å². The van der Waals surface area contributed by atoms with E-state index >= 15 is 0 Å². The number of rotatable bonds is 1. The van der Waals surface area contributed by atoms with Crippen molar-refractivity contribution in [3.05, 3.63) is 35.5 Å². The van der Waals surface area contributed by atoms with Crippen molar-refractivity contribution in [1.29, 1.82) is 0 Å². The molecule has 0 fully saturated rings. The molecule has 2 aromatic rings. The minimum atomic E-state index is 0.623. The molecule has 0 aliphatic carbocycles. The highest BCUT2D eigenvalue weighted by Gasteiger charge is 2.09. The van der Waals surface area contributed by atoms with Gasteiger partial charge in [0.15, 0.2) is 0 Å². The highest BCUT2D eigenvalue weighted by atomic mass is 35.5. The van der Waals surface area contributed by atoms with E-state index in [2.05, 4.69) is 5.10 Å². The van der Waals surface area contributed by atoms with E-state index in [0.29, 0.717) is 10.8 Å². The summed E-state index contributed by atoms with van der Waals surface area (Å²) in [6.07, 6.45) is 1.72. The number of aryl methyl sites for hydroxylation is 1. The topological polar surface area (TPSA) is 43.8 Å². The van der Waals surface area contributed by atoms with E-state index < -0.39 is 0 Å². The van der Waals surface area contributed by atoms with Crippen molar-refractivity contribution in [1.82, 2.24) is 9.78 Å². The Morgan fingerprint density at radius 2 is 2.00 bits per heavy atom. The SMILES string of the molecule is Cn1ncc(-c2ccccc2Cl)c1N.